The Morgan fingerprint density at radius 3 is 2.30 bits per heavy atom. The van der Waals surface area contributed by atoms with Gasteiger partial charge in [0.1, 0.15) is 23.0 Å². The van der Waals surface area contributed by atoms with Gasteiger partial charge in [0.05, 0.1) is 0 Å². The number of aliphatic carboxylic acids is 1. The smallest absolute Gasteiger partial charge is 0.339 e. The topological polar surface area (TPSA) is 110 Å². The molecule has 0 unspecified atom stereocenters. The van der Waals surface area contributed by atoms with Crippen molar-refractivity contribution in [2.24, 2.45) is 5.92 Å². The average Bonchev–Trinajstić information content (AvgIpc) is 2.92. The number of benzene rings is 1. The van der Waals surface area contributed by atoms with Crippen LogP contribution in [0.5, 0.6) is 0 Å². The van der Waals surface area contributed by atoms with Gasteiger partial charge in [-0.15, -0.1) is 0 Å². The van der Waals surface area contributed by atoms with Crippen LogP contribution in [0, 0.1) is 26.7 Å². The first-order valence-corrected chi connectivity index (χ1v) is 10.1. The number of fused-ring (bicyclic) bond motifs is 2. The van der Waals surface area contributed by atoms with E-state index in [-0.39, 0.29) is 18.8 Å². The van der Waals surface area contributed by atoms with Crippen molar-refractivity contribution in [1.82, 2.24) is 5.32 Å². The van der Waals surface area contributed by atoms with E-state index in [0.717, 1.165) is 27.7 Å². The van der Waals surface area contributed by atoms with E-state index in [0.29, 0.717) is 23.2 Å². The number of amides is 1. The second kappa shape index (κ2) is 8.34. The lowest BCUT2D eigenvalue weighted by molar-refractivity contribution is -0.142. The molecule has 1 amide bonds. The van der Waals surface area contributed by atoms with Crippen LogP contribution in [-0.2, 0) is 16.0 Å². The first-order chi connectivity index (χ1) is 14.1. The van der Waals surface area contributed by atoms with E-state index in [1.807, 2.05) is 40.7 Å². The van der Waals surface area contributed by atoms with Crippen molar-refractivity contribution in [2.45, 2.75) is 59.9 Å². The number of furan rings is 1. The molecule has 7 nitrogen and oxygen atoms in total. The molecule has 30 heavy (non-hydrogen) atoms. The van der Waals surface area contributed by atoms with E-state index < -0.39 is 23.5 Å². The molecule has 0 aliphatic carbocycles. The molecule has 0 radical (unpaired) electrons. The number of aryl methyl sites for hydroxylation is 3. The van der Waals surface area contributed by atoms with E-state index >= 15 is 0 Å². The van der Waals surface area contributed by atoms with Gasteiger partial charge < -0.3 is 19.3 Å². The molecule has 0 saturated heterocycles. The van der Waals surface area contributed by atoms with Crippen LogP contribution in [0.1, 0.15) is 49.1 Å². The molecule has 2 heterocycles. The van der Waals surface area contributed by atoms with Gasteiger partial charge in [0.25, 0.3) is 0 Å². The molecule has 2 N–H and O–H groups in total. The predicted octanol–water partition coefficient (Wildman–Crippen LogP) is 4.01. The number of carbonyl (C=O) groups excluding carboxylic acids is 1. The molecular formula is C23H27NO6. The fourth-order valence-electron chi connectivity index (χ4n) is 3.71. The number of carboxylic acid groups (broad SMARTS) is 1. The zero-order valence-corrected chi connectivity index (χ0v) is 17.9. The summed E-state index contributed by atoms with van der Waals surface area (Å²) < 4.78 is 11.2. The number of rotatable bonds is 7. The Hall–Kier alpha value is -3.09. The molecule has 0 aliphatic heterocycles. The van der Waals surface area contributed by atoms with Gasteiger partial charge in [0.2, 0.25) is 5.91 Å². The maximum absolute atomic E-state index is 12.5. The maximum atomic E-state index is 12.5. The summed E-state index contributed by atoms with van der Waals surface area (Å²) in [5.41, 5.74) is 2.82. The van der Waals surface area contributed by atoms with Crippen LogP contribution < -0.4 is 10.9 Å². The van der Waals surface area contributed by atoms with Crippen LogP contribution in [0.4, 0.5) is 0 Å². The summed E-state index contributed by atoms with van der Waals surface area (Å²) in [7, 11) is 0. The SMILES string of the molecule is Cc1oc2cc3oc(=O)c(CCC(=O)N[C@@H](CC(C)C)C(=O)O)c(C)c3cc2c1C. The largest absolute Gasteiger partial charge is 0.480 e. The van der Waals surface area contributed by atoms with E-state index in [1.165, 1.54) is 0 Å². The zero-order chi connectivity index (χ0) is 22.2. The molecule has 7 heteroatoms. The molecule has 0 saturated carbocycles. The summed E-state index contributed by atoms with van der Waals surface area (Å²) >= 11 is 0. The Morgan fingerprint density at radius 1 is 1.03 bits per heavy atom. The highest BCUT2D eigenvalue weighted by molar-refractivity contribution is 5.96. The molecule has 1 aromatic carbocycles. The average molecular weight is 413 g/mol. The van der Waals surface area contributed by atoms with Crippen molar-refractivity contribution in [1.29, 1.82) is 0 Å². The van der Waals surface area contributed by atoms with Gasteiger partial charge in [-0.05, 0) is 56.7 Å². The molecule has 0 bridgehead atoms. The minimum Gasteiger partial charge on any atom is -0.480 e. The van der Waals surface area contributed by atoms with Crippen molar-refractivity contribution in [3.05, 3.63) is 45.0 Å². The first kappa shape index (κ1) is 21.6. The third-order valence-electron chi connectivity index (χ3n) is 5.53. The molecule has 160 valence electrons. The number of hydrogen-bond acceptors (Lipinski definition) is 5. The van der Waals surface area contributed by atoms with Gasteiger partial charge in [0.15, 0.2) is 0 Å². The highest BCUT2D eigenvalue weighted by Crippen LogP contribution is 2.31. The monoisotopic (exact) mass is 413 g/mol. The van der Waals surface area contributed by atoms with Crippen LogP contribution in [0.25, 0.3) is 21.9 Å². The van der Waals surface area contributed by atoms with Crippen molar-refractivity contribution < 1.29 is 23.5 Å². The Morgan fingerprint density at radius 2 is 1.67 bits per heavy atom. The zero-order valence-electron chi connectivity index (χ0n) is 17.9. The van der Waals surface area contributed by atoms with Gasteiger partial charge in [-0.1, -0.05) is 13.8 Å². The first-order valence-electron chi connectivity index (χ1n) is 10.1. The van der Waals surface area contributed by atoms with Crippen molar-refractivity contribution in [2.75, 3.05) is 0 Å². The van der Waals surface area contributed by atoms with Crippen molar-refractivity contribution in [3.63, 3.8) is 0 Å². The second-order valence-electron chi connectivity index (χ2n) is 8.21. The third-order valence-corrected chi connectivity index (χ3v) is 5.53. The van der Waals surface area contributed by atoms with E-state index in [4.69, 9.17) is 8.83 Å². The van der Waals surface area contributed by atoms with Gasteiger partial charge >= 0.3 is 11.6 Å². The number of carbonyl (C=O) groups is 2. The van der Waals surface area contributed by atoms with Crippen molar-refractivity contribution in [3.8, 4) is 0 Å². The summed E-state index contributed by atoms with van der Waals surface area (Å²) in [6, 6.07) is 2.73. The fourth-order valence-corrected chi connectivity index (χ4v) is 3.71. The summed E-state index contributed by atoms with van der Waals surface area (Å²) in [5, 5.41) is 13.6. The minimum atomic E-state index is -1.06. The molecule has 0 spiro atoms. The van der Waals surface area contributed by atoms with Crippen LogP contribution in [0.2, 0.25) is 0 Å². The van der Waals surface area contributed by atoms with E-state index in [1.54, 1.807) is 6.07 Å². The van der Waals surface area contributed by atoms with Gasteiger partial charge in [-0.25, -0.2) is 9.59 Å². The summed E-state index contributed by atoms with van der Waals surface area (Å²) in [6.07, 6.45) is 0.522. The molecule has 0 aliphatic rings. The van der Waals surface area contributed by atoms with Gasteiger partial charge in [-0.2, -0.15) is 0 Å². The number of carboxylic acids is 1. The molecule has 1 atom stereocenters. The molecule has 0 fully saturated rings. The molecular weight excluding hydrogens is 386 g/mol. The number of hydrogen-bond donors (Lipinski definition) is 2. The maximum Gasteiger partial charge on any atom is 0.339 e. The lowest BCUT2D eigenvalue weighted by Gasteiger charge is -2.16. The summed E-state index contributed by atoms with van der Waals surface area (Å²) in [6.45, 7) is 9.48. The van der Waals surface area contributed by atoms with E-state index in [2.05, 4.69) is 5.32 Å². The Labute approximate surface area is 174 Å². The molecule has 3 rings (SSSR count). The highest BCUT2D eigenvalue weighted by Gasteiger charge is 2.22. The van der Waals surface area contributed by atoms with Crippen LogP contribution in [0.15, 0.2) is 25.8 Å². The Balaban J connectivity index is 1.86. The van der Waals surface area contributed by atoms with Gasteiger partial charge in [-0.3, -0.25) is 4.79 Å². The van der Waals surface area contributed by atoms with Crippen LogP contribution in [-0.4, -0.2) is 23.0 Å². The lowest BCUT2D eigenvalue weighted by Crippen LogP contribution is -2.41. The minimum absolute atomic E-state index is 0.00503. The van der Waals surface area contributed by atoms with Crippen LogP contribution >= 0.6 is 0 Å². The normalized spacial score (nSPS) is 12.6. The third kappa shape index (κ3) is 4.25. The predicted molar refractivity (Wildman–Crippen MR) is 114 cm³/mol. The molecule has 3 aromatic rings. The standard InChI is InChI=1S/C23H27NO6/c1-11(2)8-18(22(26)27)24-21(25)7-6-15-13(4)17-9-16-12(3)14(5)29-19(16)10-20(17)30-23(15)28/h9-11,18H,6-8H2,1-5H3,(H,24,25)(H,26,27)/t18-/m0/s1. The quantitative estimate of drug-likeness (QED) is 0.566. The Kier molecular flexibility index (Phi) is 6.01. The van der Waals surface area contributed by atoms with Gasteiger partial charge in [0, 0.05) is 28.8 Å². The van der Waals surface area contributed by atoms with Crippen molar-refractivity contribution >= 4 is 33.8 Å². The fraction of sp³-hybridized carbons (Fsp3) is 0.435. The van der Waals surface area contributed by atoms with Crippen LogP contribution in [0.3, 0.4) is 0 Å². The molecule has 2 aromatic heterocycles. The summed E-state index contributed by atoms with van der Waals surface area (Å²) in [4.78, 5) is 36.2. The Bertz CT molecular complexity index is 1180. The number of nitrogens with one attached hydrogen (secondary N) is 1. The lowest BCUT2D eigenvalue weighted by atomic mass is 10.00. The van der Waals surface area contributed by atoms with E-state index in [9.17, 15) is 19.5 Å². The summed E-state index contributed by atoms with van der Waals surface area (Å²) in [5.74, 6) is -0.522. The second-order valence-corrected chi connectivity index (χ2v) is 8.21. The highest BCUT2D eigenvalue weighted by atomic mass is 16.4.